The minimum absolute atomic E-state index is 0.135. The van der Waals surface area contributed by atoms with Gasteiger partial charge in [-0.05, 0) is 137 Å². The van der Waals surface area contributed by atoms with Crippen molar-refractivity contribution in [1.82, 2.24) is 0 Å². The molecule has 2 heteroatoms. The summed E-state index contributed by atoms with van der Waals surface area (Å²) >= 11 is 1.90. The molecule has 0 radical (unpaired) electrons. The van der Waals surface area contributed by atoms with Crippen molar-refractivity contribution >= 4 is 59.3 Å². The van der Waals surface area contributed by atoms with Crippen LogP contribution in [0.25, 0.3) is 53.2 Å². The molecule has 7 aromatic carbocycles. The Hall–Kier alpha value is -5.18. The molecule has 4 bridgehead atoms. The second-order valence-electron chi connectivity index (χ2n) is 16.1. The largest absolute Gasteiger partial charge is 0.310 e. The third-order valence-corrected chi connectivity index (χ3v) is 14.8. The van der Waals surface area contributed by atoms with Crippen molar-refractivity contribution in [3.05, 3.63) is 163 Å². The van der Waals surface area contributed by atoms with Crippen molar-refractivity contribution in [2.24, 2.45) is 23.7 Å². The minimum Gasteiger partial charge on any atom is -0.310 e. The lowest BCUT2D eigenvalue weighted by atomic mass is 9.43. The molecule has 250 valence electrons. The van der Waals surface area contributed by atoms with Crippen LogP contribution in [0.15, 0.2) is 152 Å². The van der Waals surface area contributed by atoms with Crippen LogP contribution in [0.5, 0.6) is 0 Å². The molecule has 13 rings (SSSR count). The maximum absolute atomic E-state index is 2.57. The zero-order valence-corrected chi connectivity index (χ0v) is 30.0. The van der Waals surface area contributed by atoms with E-state index in [1.54, 1.807) is 11.1 Å². The molecule has 1 aromatic heterocycles. The van der Waals surface area contributed by atoms with Gasteiger partial charge < -0.3 is 4.90 Å². The average molecular weight is 686 g/mol. The number of fused-ring (bicyclic) bond motifs is 7. The number of benzene rings is 7. The van der Waals surface area contributed by atoms with Crippen LogP contribution >= 0.6 is 11.3 Å². The predicted molar refractivity (Wildman–Crippen MR) is 220 cm³/mol. The minimum atomic E-state index is 0.135. The molecule has 1 spiro atoms. The Kier molecular flexibility index (Phi) is 6.17. The van der Waals surface area contributed by atoms with Gasteiger partial charge >= 0.3 is 0 Å². The molecule has 5 aliphatic rings. The van der Waals surface area contributed by atoms with E-state index in [1.807, 2.05) is 11.3 Å². The molecular formula is C50H39NS. The molecule has 4 fully saturated rings. The highest BCUT2D eigenvalue weighted by Gasteiger charge is 2.61. The molecular weight excluding hydrogens is 647 g/mol. The van der Waals surface area contributed by atoms with Crippen LogP contribution in [0.4, 0.5) is 17.1 Å². The van der Waals surface area contributed by atoms with E-state index in [0.717, 1.165) is 23.7 Å². The number of hydrogen-bond donors (Lipinski definition) is 0. The number of thiophene rings is 1. The summed E-state index contributed by atoms with van der Waals surface area (Å²) in [6.07, 6.45) is 7.06. The summed E-state index contributed by atoms with van der Waals surface area (Å²) < 4.78 is 2.68. The van der Waals surface area contributed by atoms with Crippen molar-refractivity contribution in [2.45, 2.75) is 37.5 Å². The van der Waals surface area contributed by atoms with E-state index in [1.165, 1.54) is 102 Å². The lowest BCUT2D eigenvalue weighted by Crippen LogP contribution is -2.55. The van der Waals surface area contributed by atoms with Crippen molar-refractivity contribution in [3.8, 4) is 22.3 Å². The van der Waals surface area contributed by atoms with Crippen molar-refractivity contribution in [3.63, 3.8) is 0 Å². The van der Waals surface area contributed by atoms with E-state index in [0.29, 0.717) is 0 Å². The van der Waals surface area contributed by atoms with Gasteiger partial charge in [0.05, 0.1) is 5.69 Å². The van der Waals surface area contributed by atoms with Crippen LogP contribution in [-0.2, 0) is 5.41 Å². The molecule has 52 heavy (non-hydrogen) atoms. The monoisotopic (exact) mass is 685 g/mol. The molecule has 0 amide bonds. The van der Waals surface area contributed by atoms with Gasteiger partial charge in [-0.25, -0.2) is 0 Å². The number of anilines is 3. The SMILES string of the molecule is c1ccc2c(c1)-c1c(N(c3ccc(-c4ccc5ccccc5c4)cc3)c3ccc4c(c3)sc3ccccc34)cccc1C21C2CC3CC(C2)CC1C3. The molecule has 0 saturated heterocycles. The fourth-order valence-electron chi connectivity index (χ4n) is 11.8. The fraction of sp³-hybridized carbons (Fsp3) is 0.200. The Morgan fingerprint density at radius 3 is 2.00 bits per heavy atom. The van der Waals surface area contributed by atoms with Crippen molar-refractivity contribution in [2.75, 3.05) is 4.90 Å². The van der Waals surface area contributed by atoms with Crippen LogP contribution in [-0.4, -0.2) is 0 Å². The summed E-state index contributed by atoms with van der Waals surface area (Å²) in [6.45, 7) is 0. The van der Waals surface area contributed by atoms with E-state index < -0.39 is 0 Å². The standard InChI is InChI=1S/C50H39NS/c1-2-9-35-29-36(17-16-33(35)8-1)34-18-20-39(21-19-34)51(40-22-23-42-41-10-4-6-15-47(41)52-48(42)30-40)46-14-7-13-45-49(46)43-11-3-5-12-44(43)50(45)37-25-31-24-32(27-37)28-38(50)26-31/h1-23,29-32,37-38H,24-28H2. The van der Waals surface area contributed by atoms with E-state index in [4.69, 9.17) is 0 Å². The smallest absolute Gasteiger partial charge is 0.0543 e. The summed E-state index contributed by atoms with van der Waals surface area (Å²) in [7, 11) is 0. The van der Waals surface area contributed by atoms with Crippen molar-refractivity contribution in [1.29, 1.82) is 0 Å². The number of nitrogens with zero attached hydrogens (tertiary/aromatic N) is 1. The molecule has 0 atom stereocenters. The van der Waals surface area contributed by atoms with Gasteiger partial charge in [-0.3, -0.25) is 0 Å². The molecule has 0 unspecified atom stereocenters. The summed E-state index contributed by atoms with van der Waals surface area (Å²) in [5.74, 6) is 3.34. The third-order valence-electron chi connectivity index (χ3n) is 13.6. The number of rotatable bonds is 4. The first-order valence-electron chi connectivity index (χ1n) is 19.3. The summed E-state index contributed by atoms with van der Waals surface area (Å²) in [5.41, 5.74) is 12.5. The van der Waals surface area contributed by atoms with E-state index in [-0.39, 0.29) is 5.41 Å². The van der Waals surface area contributed by atoms with Gasteiger partial charge in [-0.1, -0.05) is 109 Å². The topological polar surface area (TPSA) is 3.24 Å². The first kappa shape index (κ1) is 29.4. The second-order valence-corrected chi connectivity index (χ2v) is 17.2. The van der Waals surface area contributed by atoms with E-state index >= 15 is 0 Å². The van der Waals surface area contributed by atoms with Gasteiger partial charge in [0, 0.05) is 42.5 Å². The van der Waals surface area contributed by atoms with E-state index in [9.17, 15) is 0 Å². The average Bonchev–Trinajstić information content (AvgIpc) is 3.71. The lowest BCUT2D eigenvalue weighted by molar-refractivity contribution is -0.0399. The first-order valence-corrected chi connectivity index (χ1v) is 20.1. The maximum Gasteiger partial charge on any atom is 0.0543 e. The highest BCUT2D eigenvalue weighted by atomic mass is 32.1. The molecule has 1 heterocycles. The Morgan fingerprint density at radius 2 is 1.15 bits per heavy atom. The number of hydrogen-bond acceptors (Lipinski definition) is 2. The fourth-order valence-corrected chi connectivity index (χ4v) is 13.0. The molecule has 0 aliphatic heterocycles. The van der Waals surface area contributed by atoms with Crippen LogP contribution in [0.3, 0.4) is 0 Å². The van der Waals surface area contributed by atoms with Crippen LogP contribution in [0, 0.1) is 23.7 Å². The second kappa shape index (κ2) is 10.9. The normalized spacial score (nSPS) is 23.8. The van der Waals surface area contributed by atoms with Gasteiger partial charge in [-0.15, -0.1) is 11.3 Å². The van der Waals surface area contributed by atoms with Crippen LogP contribution in [0.2, 0.25) is 0 Å². The quantitative estimate of drug-likeness (QED) is 0.178. The Balaban J connectivity index is 1.07. The molecule has 0 N–H and O–H groups in total. The lowest BCUT2D eigenvalue weighted by Gasteiger charge is -2.61. The molecule has 1 nitrogen and oxygen atoms in total. The van der Waals surface area contributed by atoms with E-state index in [2.05, 4.69) is 157 Å². The van der Waals surface area contributed by atoms with Gasteiger partial charge in [-0.2, -0.15) is 0 Å². The maximum atomic E-state index is 2.57. The van der Waals surface area contributed by atoms with Gasteiger partial charge in [0.15, 0.2) is 0 Å². The summed E-state index contributed by atoms with van der Waals surface area (Å²) in [6, 6.07) is 57.7. The molecule has 4 saturated carbocycles. The molecule has 5 aliphatic carbocycles. The highest BCUT2D eigenvalue weighted by Crippen LogP contribution is 2.70. The van der Waals surface area contributed by atoms with Gasteiger partial charge in [0.1, 0.15) is 0 Å². The summed E-state index contributed by atoms with van der Waals surface area (Å²) in [4.78, 5) is 2.57. The Labute approximate surface area is 309 Å². The van der Waals surface area contributed by atoms with Crippen molar-refractivity contribution < 1.29 is 0 Å². The molecule has 8 aromatic rings. The first-order chi connectivity index (χ1) is 25.7. The zero-order valence-electron chi connectivity index (χ0n) is 29.1. The zero-order chi connectivity index (χ0) is 34.0. The van der Waals surface area contributed by atoms with Crippen LogP contribution in [0.1, 0.15) is 43.2 Å². The Bertz CT molecular complexity index is 2690. The third kappa shape index (κ3) is 4.05. The highest BCUT2D eigenvalue weighted by molar-refractivity contribution is 7.25. The predicted octanol–water partition coefficient (Wildman–Crippen LogP) is 14.1. The van der Waals surface area contributed by atoms with Gasteiger partial charge in [0.2, 0.25) is 0 Å². The Morgan fingerprint density at radius 1 is 0.481 bits per heavy atom. The van der Waals surface area contributed by atoms with Gasteiger partial charge in [0.25, 0.3) is 0 Å². The van der Waals surface area contributed by atoms with Crippen LogP contribution < -0.4 is 4.90 Å². The summed E-state index contributed by atoms with van der Waals surface area (Å²) in [5, 5.41) is 5.24.